The van der Waals surface area contributed by atoms with Crippen molar-refractivity contribution in [2.45, 2.75) is 70.6 Å². The van der Waals surface area contributed by atoms with Crippen LogP contribution in [0.25, 0.3) is 16.8 Å². The standard InChI is InChI=1S/C34H34ClF6N9O3/c1-33(2,3)15-34(20-7-4-17(5-8-20)19-12-44-48(13-19)30(40)41)29(51)49(31(42)47-34)25(14-53-32(52)46-23-11-21(23)26(36)37)18-6-9-22(35)24(10-18)50-28(27(38)39)43-16-45-50/h4-10,12-13,16,21,23,25-27,30H,11,14-15H2,1-3H3,(H2,42,47)(H,46,52)/t21-,23-,25+,34+/m0/s1. The molecule has 2 aromatic carbocycles. The topological polar surface area (TPSA) is 143 Å². The van der Waals surface area contributed by atoms with Gasteiger partial charge >= 0.3 is 12.6 Å². The number of ether oxygens (including phenoxy) is 1. The fourth-order valence-electron chi connectivity index (χ4n) is 6.49. The maximum atomic E-state index is 14.9. The molecule has 0 spiro atoms. The van der Waals surface area contributed by atoms with Crippen molar-refractivity contribution in [3.05, 3.63) is 83.2 Å². The summed E-state index contributed by atoms with van der Waals surface area (Å²) in [4.78, 5) is 32.4. The molecule has 1 saturated carbocycles. The van der Waals surface area contributed by atoms with Gasteiger partial charge in [-0.3, -0.25) is 15.1 Å². The summed E-state index contributed by atoms with van der Waals surface area (Å²) in [5, 5.41) is 22.0. The number of carbonyl (C=O) groups is 2. The van der Waals surface area contributed by atoms with Crippen LogP contribution in [0.1, 0.15) is 69.6 Å². The largest absolute Gasteiger partial charge is 0.447 e. The number of aromatic nitrogens is 5. The lowest BCUT2D eigenvalue weighted by Crippen LogP contribution is -2.47. The van der Waals surface area contributed by atoms with Crippen LogP contribution >= 0.6 is 11.6 Å². The van der Waals surface area contributed by atoms with Crippen molar-refractivity contribution >= 4 is 29.6 Å². The molecule has 2 fully saturated rings. The predicted molar refractivity (Wildman–Crippen MR) is 179 cm³/mol. The van der Waals surface area contributed by atoms with Crippen LogP contribution < -0.4 is 10.6 Å². The molecule has 3 N–H and O–H groups in total. The molecule has 6 rings (SSSR count). The average Bonchev–Trinajstić information content (AvgIpc) is 3.38. The molecule has 2 aliphatic rings. The van der Waals surface area contributed by atoms with Gasteiger partial charge in [0.15, 0.2) is 11.8 Å². The lowest BCUT2D eigenvalue weighted by Gasteiger charge is -2.35. The third-order valence-corrected chi connectivity index (χ3v) is 9.29. The average molecular weight is 766 g/mol. The van der Waals surface area contributed by atoms with Crippen LogP contribution in [0, 0.1) is 16.7 Å². The molecule has 0 bridgehead atoms. The van der Waals surface area contributed by atoms with E-state index in [0.717, 1.165) is 15.9 Å². The number of benzene rings is 2. The zero-order valence-corrected chi connectivity index (χ0v) is 29.2. The summed E-state index contributed by atoms with van der Waals surface area (Å²) in [6, 6.07) is 8.63. The number of alkyl halides is 6. The van der Waals surface area contributed by atoms with Crippen LogP contribution in [0.3, 0.4) is 0 Å². The minimum atomic E-state index is -3.03. The third kappa shape index (κ3) is 7.68. The second-order valence-electron chi connectivity index (χ2n) is 14.0. The van der Waals surface area contributed by atoms with E-state index < -0.39 is 72.8 Å². The Morgan fingerprint density at radius 1 is 1.09 bits per heavy atom. The van der Waals surface area contributed by atoms with Crippen molar-refractivity contribution < 1.29 is 40.7 Å². The minimum absolute atomic E-state index is 0.00690. The Labute approximate surface area is 304 Å². The van der Waals surface area contributed by atoms with Gasteiger partial charge in [-0.25, -0.2) is 36.7 Å². The summed E-state index contributed by atoms with van der Waals surface area (Å²) in [5.74, 6) is -2.75. The van der Waals surface area contributed by atoms with Gasteiger partial charge in [-0.05, 0) is 47.1 Å². The summed E-state index contributed by atoms with van der Waals surface area (Å²) in [6.07, 6.45) is -3.11. The van der Waals surface area contributed by atoms with Crippen LogP contribution in [0.5, 0.6) is 0 Å². The van der Waals surface area contributed by atoms with Gasteiger partial charge in [0.1, 0.15) is 18.5 Å². The highest BCUT2D eigenvalue weighted by atomic mass is 35.5. The maximum Gasteiger partial charge on any atom is 0.407 e. The van der Waals surface area contributed by atoms with E-state index in [1.165, 1.54) is 30.6 Å². The Morgan fingerprint density at radius 2 is 1.81 bits per heavy atom. The number of halogens is 7. The first-order valence-corrected chi connectivity index (χ1v) is 16.7. The van der Waals surface area contributed by atoms with E-state index in [9.17, 15) is 35.9 Å². The highest BCUT2D eigenvalue weighted by molar-refractivity contribution is 6.32. The molecule has 1 aliphatic heterocycles. The summed E-state index contributed by atoms with van der Waals surface area (Å²) in [6.45, 7) is 2.25. The minimum Gasteiger partial charge on any atom is -0.447 e. The first kappa shape index (κ1) is 37.6. The first-order valence-electron chi connectivity index (χ1n) is 16.3. The molecular formula is C34H34ClF6N9O3. The SMILES string of the molecule is CC(C)(C)C[C@]1(c2ccc(-c3cnn(C(F)F)c3)cc2)NC(=N)N([C@H](COC(=O)N[C@H]2C[C@@H]2C(F)F)c2ccc(Cl)c(-n3ncnc3C(F)F)c2)C1=O. The van der Waals surface area contributed by atoms with Crippen LogP contribution in [-0.4, -0.2) is 66.5 Å². The van der Waals surface area contributed by atoms with Gasteiger partial charge in [0, 0.05) is 23.7 Å². The zero-order chi connectivity index (χ0) is 38.4. The van der Waals surface area contributed by atoms with Gasteiger partial charge < -0.3 is 15.4 Å². The highest BCUT2D eigenvalue weighted by Gasteiger charge is 2.55. The Balaban J connectivity index is 1.38. The molecule has 282 valence electrons. The van der Waals surface area contributed by atoms with E-state index in [1.54, 1.807) is 24.3 Å². The monoisotopic (exact) mass is 765 g/mol. The summed E-state index contributed by atoms with van der Waals surface area (Å²) < 4.78 is 87.0. The van der Waals surface area contributed by atoms with Gasteiger partial charge in [-0.1, -0.05) is 62.7 Å². The van der Waals surface area contributed by atoms with E-state index in [0.29, 0.717) is 21.4 Å². The lowest BCUT2D eigenvalue weighted by atomic mass is 9.75. The number of rotatable bonds is 12. The van der Waals surface area contributed by atoms with Crippen molar-refractivity contribution in [3.8, 4) is 16.8 Å². The first-order chi connectivity index (χ1) is 25.0. The quantitative estimate of drug-likeness (QED) is 0.129. The van der Waals surface area contributed by atoms with Gasteiger partial charge in [0.05, 0.1) is 22.9 Å². The van der Waals surface area contributed by atoms with Crippen molar-refractivity contribution in [3.63, 3.8) is 0 Å². The Morgan fingerprint density at radius 3 is 2.42 bits per heavy atom. The van der Waals surface area contributed by atoms with E-state index in [1.807, 2.05) is 20.8 Å². The number of nitrogens with zero attached hydrogens (tertiary/aromatic N) is 6. The van der Waals surface area contributed by atoms with E-state index >= 15 is 0 Å². The van der Waals surface area contributed by atoms with E-state index in [-0.39, 0.29) is 35.1 Å². The molecule has 4 aromatic rings. The molecule has 12 nitrogen and oxygen atoms in total. The van der Waals surface area contributed by atoms with E-state index in [2.05, 4.69) is 25.8 Å². The van der Waals surface area contributed by atoms with Crippen molar-refractivity contribution in [2.75, 3.05) is 6.61 Å². The predicted octanol–water partition coefficient (Wildman–Crippen LogP) is 7.24. The molecular weight excluding hydrogens is 732 g/mol. The molecule has 2 amide bonds. The van der Waals surface area contributed by atoms with Crippen LogP contribution in [-0.2, 0) is 15.1 Å². The van der Waals surface area contributed by atoms with Gasteiger partial charge in [0.2, 0.25) is 6.43 Å². The summed E-state index contributed by atoms with van der Waals surface area (Å²) >= 11 is 6.42. The number of hydrogen-bond acceptors (Lipinski definition) is 7. The molecule has 19 heteroatoms. The molecule has 0 radical (unpaired) electrons. The summed E-state index contributed by atoms with van der Waals surface area (Å²) in [7, 11) is 0. The smallest absolute Gasteiger partial charge is 0.407 e. The van der Waals surface area contributed by atoms with Crippen LogP contribution in [0.2, 0.25) is 5.02 Å². The van der Waals surface area contributed by atoms with E-state index in [4.69, 9.17) is 21.7 Å². The highest BCUT2D eigenvalue weighted by Crippen LogP contribution is 2.43. The Bertz CT molecular complexity index is 2000. The van der Waals surface area contributed by atoms with Crippen molar-refractivity contribution in [2.24, 2.45) is 11.3 Å². The molecule has 1 aliphatic carbocycles. The van der Waals surface area contributed by atoms with Crippen molar-refractivity contribution in [1.82, 2.24) is 40.1 Å². The third-order valence-electron chi connectivity index (χ3n) is 8.97. The maximum absolute atomic E-state index is 14.9. The number of amides is 2. The number of hydrogen-bond donors (Lipinski definition) is 3. The fourth-order valence-corrected chi connectivity index (χ4v) is 6.68. The summed E-state index contributed by atoms with van der Waals surface area (Å²) in [5.41, 5.74) is -0.561. The van der Waals surface area contributed by atoms with Crippen LogP contribution in [0.4, 0.5) is 31.1 Å². The number of carbonyl (C=O) groups excluding carboxylic acids is 2. The van der Waals surface area contributed by atoms with Gasteiger partial charge in [-0.2, -0.15) is 19.0 Å². The molecule has 2 aromatic heterocycles. The molecule has 1 saturated heterocycles. The second kappa shape index (κ2) is 14.4. The zero-order valence-electron chi connectivity index (χ0n) is 28.4. The second-order valence-corrected chi connectivity index (χ2v) is 14.4. The van der Waals surface area contributed by atoms with Gasteiger partial charge in [-0.15, -0.1) is 0 Å². The molecule has 4 atom stereocenters. The Hall–Kier alpha value is -5.13. The molecule has 3 heterocycles. The number of guanidine groups is 1. The molecule has 53 heavy (non-hydrogen) atoms. The molecule has 0 unspecified atom stereocenters. The van der Waals surface area contributed by atoms with Gasteiger partial charge in [0.25, 0.3) is 12.3 Å². The normalized spacial score (nSPS) is 20.7. The van der Waals surface area contributed by atoms with Crippen LogP contribution in [0.15, 0.2) is 61.2 Å². The lowest BCUT2D eigenvalue weighted by molar-refractivity contribution is -0.134. The fraction of sp³-hybridized carbons (Fsp3) is 0.412. The number of nitrogens with one attached hydrogen (secondary N) is 3. The number of alkyl carbamates (subject to hydrolysis) is 1. The Kier molecular flexibility index (Phi) is 10.2. The van der Waals surface area contributed by atoms with Crippen molar-refractivity contribution in [1.29, 1.82) is 5.41 Å².